The van der Waals surface area contributed by atoms with Crippen LogP contribution in [0.15, 0.2) is 28.3 Å². The Balaban J connectivity index is 2.17. The molecule has 0 atom stereocenters. The summed E-state index contributed by atoms with van der Waals surface area (Å²) in [5.41, 5.74) is 6.41. The Bertz CT molecular complexity index is 565. The molecule has 5 heteroatoms. The molecule has 0 unspecified atom stereocenters. The Kier molecular flexibility index (Phi) is 2.09. The van der Waals surface area contributed by atoms with Crippen molar-refractivity contribution in [3.05, 3.63) is 29.6 Å². The van der Waals surface area contributed by atoms with Gasteiger partial charge in [-0.15, -0.1) is 22.7 Å². The van der Waals surface area contributed by atoms with Crippen molar-refractivity contribution in [3.8, 4) is 10.6 Å². The first-order chi connectivity index (χ1) is 7.38. The smallest absolute Gasteiger partial charge is 0.181 e. The molecule has 0 amide bonds. The minimum atomic E-state index is 0.414. The van der Waals surface area contributed by atoms with E-state index in [1.165, 1.54) is 15.8 Å². The lowest BCUT2D eigenvalue weighted by Crippen LogP contribution is -1.97. The highest BCUT2D eigenvalue weighted by Crippen LogP contribution is 2.37. The van der Waals surface area contributed by atoms with Gasteiger partial charge in [0.05, 0.1) is 4.88 Å². The molecule has 0 aliphatic heterocycles. The standard InChI is InChI=1S/C10H8N2OS2/c11-4-6-10(13-5-12-6)9-3-8-7(15-9)1-2-14-8/h1-3,5H,4,11H2. The second kappa shape index (κ2) is 3.44. The van der Waals surface area contributed by atoms with Gasteiger partial charge in [0.1, 0.15) is 5.69 Å². The van der Waals surface area contributed by atoms with E-state index < -0.39 is 0 Å². The average Bonchev–Trinajstić information content (AvgIpc) is 2.91. The molecule has 0 radical (unpaired) electrons. The normalized spacial score (nSPS) is 11.3. The van der Waals surface area contributed by atoms with Crippen LogP contribution in [0.4, 0.5) is 0 Å². The van der Waals surface area contributed by atoms with E-state index in [1.807, 2.05) is 0 Å². The summed E-state index contributed by atoms with van der Waals surface area (Å²) in [7, 11) is 0. The van der Waals surface area contributed by atoms with E-state index in [0.29, 0.717) is 6.54 Å². The molecule has 0 fully saturated rings. The predicted molar refractivity (Wildman–Crippen MR) is 63.1 cm³/mol. The number of rotatable bonds is 2. The monoisotopic (exact) mass is 236 g/mol. The van der Waals surface area contributed by atoms with Crippen LogP contribution in [0.2, 0.25) is 0 Å². The third-order valence-corrected chi connectivity index (χ3v) is 4.29. The van der Waals surface area contributed by atoms with Gasteiger partial charge in [0.15, 0.2) is 12.2 Å². The van der Waals surface area contributed by atoms with Crippen LogP contribution in [0, 0.1) is 0 Å². The summed E-state index contributed by atoms with van der Waals surface area (Å²) in [5.74, 6) is 0.811. The van der Waals surface area contributed by atoms with Crippen molar-refractivity contribution in [2.24, 2.45) is 5.73 Å². The van der Waals surface area contributed by atoms with Gasteiger partial charge in [0.25, 0.3) is 0 Å². The van der Waals surface area contributed by atoms with Crippen molar-refractivity contribution < 1.29 is 4.42 Å². The minimum Gasteiger partial charge on any atom is -0.442 e. The maximum absolute atomic E-state index is 5.59. The van der Waals surface area contributed by atoms with Crippen LogP contribution >= 0.6 is 22.7 Å². The summed E-state index contributed by atoms with van der Waals surface area (Å²) >= 11 is 3.45. The lowest BCUT2D eigenvalue weighted by molar-refractivity contribution is 0.572. The molecule has 76 valence electrons. The summed E-state index contributed by atoms with van der Waals surface area (Å²) in [6.07, 6.45) is 1.45. The first-order valence-electron chi connectivity index (χ1n) is 4.48. The van der Waals surface area contributed by atoms with E-state index >= 15 is 0 Å². The molecule has 3 nitrogen and oxygen atoms in total. The SMILES string of the molecule is NCc1ncoc1-c1cc2sccc2s1. The van der Waals surface area contributed by atoms with Crippen LogP contribution in [0.25, 0.3) is 20.0 Å². The maximum Gasteiger partial charge on any atom is 0.181 e. The van der Waals surface area contributed by atoms with Gasteiger partial charge in [-0.3, -0.25) is 0 Å². The number of nitrogens with two attached hydrogens (primary N) is 1. The molecule has 0 bridgehead atoms. The van der Waals surface area contributed by atoms with E-state index in [-0.39, 0.29) is 0 Å². The topological polar surface area (TPSA) is 52.0 Å². The Morgan fingerprint density at radius 2 is 2.33 bits per heavy atom. The molecule has 0 saturated carbocycles. The van der Waals surface area contributed by atoms with Crippen molar-refractivity contribution in [2.75, 3.05) is 0 Å². The fourth-order valence-electron chi connectivity index (χ4n) is 1.49. The van der Waals surface area contributed by atoms with Gasteiger partial charge in [-0.1, -0.05) is 0 Å². The fraction of sp³-hybridized carbons (Fsp3) is 0.100. The third-order valence-electron chi connectivity index (χ3n) is 2.20. The van der Waals surface area contributed by atoms with Gasteiger partial charge in [0, 0.05) is 15.9 Å². The molecule has 15 heavy (non-hydrogen) atoms. The Hall–Kier alpha value is -1.17. The quantitative estimate of drug-likeness (QED) is 0.744. The molecule has 3 aromatic heterocycles. The molecule has 2 N–H and O–H groups in total. The first-order valence-corrected chi connectivity index (χ1v) is 6.18. The number of thiophene rings is 2. The molecule has 0 aromatic carbocycles. The zero-order valence-electron chi connectivity index (χ0n) is 7.77. The largest absolute Gasteiger partial charge is 0.442 e. The zero-order chi connectivity index (χ0) is 10.3. The van der Waals surface area contributed by atoms with Crippen LogP contribution in [-0.2, 0) is 6.54 Å². The Labute approximate surface area is 94.2 Å². The minimum absolute atomic E-state index is 0.414. The van der Waals surface area contributed by atoms with Crippen molar-refractivity contribution in [2.45, 2.75) is 6.54 Å². The number of oxazole rings is 1. The zero-order valence-corrected chi connectivity index (χ0v) is 9.40. The third kappa shape index (κ3) is 1.40. The van der Waals surface area contributed by atoms with Crippen molar-refractivity contribution in [3.63, 3.8) is 0 Å². The van der Waals surface area contributed by atoms with Crippen LogP contribution in [0.3, 0.4) is 0 Å². The Morgan fingerprint density at radius 1 is 1.40 bits per heavy atom. The number of hydrogen-bond acceptors (Lipinski definition) is 5. The van der Waals surface area contributed by atoms with E-state index in [1.54, 1.807) is 22.7 Å². The molecule has 3 aromatic rings. The summed E-state index contributed by atoms with van der Waals surface area (Å²) in [6.45, 7) is 0.414. The molecule has 0 aliphatic rings. The molecule has 3 rings (SSSR count). The van der Waals surface area contributed by atoms with Crippen molar-refractivity contribution >= 4 is 32.1 Å². The van der Waals surface area contributed by atoms with Gasteiger partial charge < -0.3 is 10.2 Å². The summed E-state index contributed by atoms with van der Waals surface area (Å²) in [6, 6.07) is 4.25. The van der Waals surface area contributed by atoms with Crippen molar-refractivity contribution in [1.82, 2.24) is 4.98 Å². The lowest BCUT2D eigenvalue weighted by atomic mass is 10.3. The maximum atomic E-state index is 5.59. The summed E-state index contributed by atoms with van der Waals surface area (Å²) in [4.78, 5) is 5.19. The van der Waals surface area contributed by atoms with Crippen LogP contribution in [0.5, 0.6) is 0 Å². The number of fused-ring (bicyclic) bond motifs is 1. The predicted octanol–water partition coefficient (Wildman–Crippen LogP) is 3.08. The molecule has 0 aliphatic carbocycles. The van der Waals surface area contributed by atoms with Gasteiger partial charge in [-0.05, 0) is 17.5 Å². The van der Waals surface area contributed by atoms with E-state index in [9.17, 15) is 0 Å². The number of aromatic nitrogens is 1. The summed E-state index contributed by atoms with van der Waals surface area (Å²) < 4.78 is 7.94. The van der Waals surface area contributed by atoms with Gasteiger partial charge >= 0.3 is 0 Å². The molecule has 0 saturated heterocycles. The molecule has 0 spiro atoms. The number of nitrogens with zero attached hydrogens (tertiary/aromatic N) is 1. The van der Waals surface area contributed by atoms with Crippen LogP contribution in [0.1, 0.15) is 5.69 Å². The van der Waals surface area contributed by atoms with Gasteiger partial charge in [0.2, 0.25) is 0 Å². The highest BCUT2D eigenvalue weighted by atomic mass is 32.1. The van der Waals surface area contributed by atoms with E-state index in [4.69, 9.17) is 10.2 Å². The highest BCUT2D eigenvalue weighted by molar-refractivity contribution is 7.28. The highest BCUT2D eigenvalue weighted by Gasteiger charge is 2.12. The van der Waals surface area contributed by atoms with E-state index in [2.05, 4.69) is 22.5 Å². The second-order valence-electron chi connectivity index (χ2n) is 3.09. The average molecular weight is 236 g/mol. The van der Waals surface area contributed by atoms with Crippen molar-refractivity contribution in [1.29, 1.82) is 0 Å². The fourth-order valence-corrected chi connectivity index (χ4v) is 3.61. The summed E-state index contributed by atoms with van der Waals surface area (Å²) in [5, 5.41) is 2.09. The molecular formula is C10H8N2OS2. The Morgan fingerprint density at radius 3 is 3.13 bits per heavy atom. The van der Waals surface area contributed by atoms with Crippen LogP contribution < -0.4 is 5.73 Å². The second-order valence-corrected chi connectivity index (χ2v) is 5.12. The lowest BCUT2D eigenvalue weighted by Gasteiger charge is -1.92. The van der Waals surface area contributed by atoms with Crippen LogP contribution in [-0.4, -0.2) is 4.98 Å². The first kappa shape index (κ1) is 9.08. The van der Waals surface area contributed by atoms with E-state index in [0.717, 1.165) is 16.3 Å². The molecular weight excluding hydrogens is 228 g/mol. The number of hydrogen-bond donors (Lipinski definition) is 1. The van der Waals surface area contributed by atoms with Gasteiger partial charge in [-0.2, -0.15) is 0 Å². The van der Waals surface area contributed by atoms with Gasteiger partial charge in [-0.25, -0.2) is 4.98 Å². The molecule has 3 heterocycles.